The first kappa shape index (κ1) is 74.7. The fourth-order valence-corrected chi connectivity index (χ4v) is 10.2. The Morgan fingerprint density at radius 1 is 0.468 bits per heavy atom. The third-order valence-electron chi connectivity index (χ3n) is 14.5. The number of unbranched alkanes of at least 4 members (excludes halogenated alkanes) is 37. The largest absolute Gasteiger partial charge is 0.756 e. The van der Waals surface area contributed by atoms with Crippen LogP contribution < -0.4 is 10.2 Å². The van der Waals surface area contributed by atoms with Crippen molar-refractivity contribution in [3.63, 3.8) is 0 Å². The summed E-state index contributed by atoms with van der Waals surface area (Å²) < 4.78 is 30.4. The number of nitrogens with zero attached hydrogens (tertiary/aromatic N) is 1. The number of hydrogen-bond donors (Lipinski definition) is 1. The van der Waals surface area contributed by atoms with E-state index in [1.807, 2.05) is 33.3 Å². The second kappa shape index (κ2) is 57.0. The molecule has 10 heteroatoms. The molecule has 0 aromatic heterocycles. The smallest absolute Gasteiger partial charge is 0.306 e. The van der Waals surface area contributed by atoms with Crippen molar-refractivity contribution < 1.29 is 37.3 Å². The lowest BCUT2D eigenvalue weighted by Gasteiger charge is -2.30. The van der Waals surface area contributed by atoms with Gasteiger partial charge in [0.15, 0.2) is 0 Å². The maximum absolute atomic E-state index is 13.5. The summed E-state index contributed by atoms with van der Waals surface area (Å²) in [5, 5.41) is 3.03. The quantitative estimate of drug-likeness (QED) is 0.0161. The van der Waals surface area contributed by atoms with Gasteiger partial charge in [-0.25, -0.2) is 0 Å². The first-order valence-electron chi connectivity index (χ1n) is 32.6. The van der Waals surface area contributed by atoms with Crippen LogP contribution in [0.5, 0.6) is 0 Å². The second-order valence-corrected chi connectivity index (χ2v) is 24.7. The summed E-state index contributed by atoms with van der Waals surface area (Å²) in [4.78, 5) is 40.0. The number of phosphoric acid groups is 1. The Kier molecular flexibility index (Phi) is 55.3. The number of ether oxygens (including phenoxy) is 1. The molecule has 1 N–H and O–H groups in total. The highest BCUT2D eigenvalue weighted by Gasteiger charge is 2.27. The topological polar surface area (TPSA) is 114 Å². The molecule has 0 saturated carbocycles. The zero-order valence-corrected chi connectivity index (χ0v) is 52.3. The molecule has 450 valence electrons. The van der Waals surface area contributed by atoms with Gasteiger partial charge < -0.3 is 28.5 Å². The molecule has 0 rings (SSSR count). The number of phosphoric ester groups is 1. The first-order chi connectivity index (χ1) is 37.4. The van der Waals surface area contributed by atoms with E-state index in [0.29, 0.717) is 17.4 Å². The molecule has 3 unspecified atom stereocenters. The van der Waals surface area contributed by atoms with Crippen molar-refractivity contribution in [2.24, 2.45) is 0 Å². The Balaban J connectivity index is 5.16. The van der Waals surface area contributed by atoms with E-state index >= 15 is 0 Å². The highest BCUT2D eigenvalue weighted by Crippen LogP contribution is 2.38. The van der Waals surface area contributed by atoms with Gasteiger partial charge in [0.25, 0.3) is 7.82 Å². The minimum absolute atomic E-state index is 0.0254. The van der Waals surface area contributed by atoms with Gasteiger partial charge in [-0.15, -0.1) is 0 Å². The molecule has 1 amide bonds. The van der Waals surface area contributed by atoms with Crippen molar-refractivity contribution >= 4 is 19.7 Å². The van der Waals surface area contributed by atoms with Gasteiger partial charge in [0, 0.05) is 12.8 Å². The molecule has 0 aliphatic rings. The Hall–Kier alpha value is -2.29. The molecular weight excluding hydrogens is 976 g/mol. The summed E-state index contributed by atoms with van der Waals surface area (Å²) >= 11 is 0. The van der Waals surface area contributed by atoms with Gasteiger partial charge in [-0.1, -0.05) is 275 Å². The molecule has 0 radical (unpaired) electrons. The van der Waals surface area contributed by atoms with Crippen LogP contribution in [0.15, 0.2) is 60.8 Å². The maximum Gasteiger partial charge on any atom is 0.306 e. The molecule has 0 aliphatic carbocycles. The van der Waals surface area contributed by atoms with Crippen molar-refractivity contribution in [2.75, 3.05) is 40.9 Å². The van der Waals surface area contributed by atoms with Gasteiger partial charge in [0.1, 0.15) is 19.3 Å². The van der Waals surface area contributed by atoms with Crippen molar-refractivity contribution in [3.8, 4) is 0 Å². The van der Waals surface area contributed by atoms with E-state index in [-0.39, 0.29) is 24.9 Å². The molecule has 9 nitrogen and oxygen atoms in total. The number of carbonyl (C=O) groups is 2. The third-order valence-corrected chi connectivity index (χ3v) is 15.5. The molecule has 0 aromatic carbocycles. The normalized spacial score (nSPS) is 14.0. The SMILES string of the molecule is CC/C=C/C=C/C=C/CCCCCCCCCC(=O)NC(COP(=O)([O-])OCC[N+](C)(C)C)C(/C=C\CCCCCCCCCCCCC)OC(=O)CCCCCCCCCCCCCCC/C=C/CCCCCCCC. The van der Waals surface area contributed by atoms with Crippen molar-refractivity contribution in [1.82, 2.24) is 5.32 Å². The van der Waals surface area contributed by atoms with E-state index in [1.165, 1.54) is 193 Å². The number of likely N-dealkylation sites (N-methyl/N-ethyl adjacent to an activating group) is 1. The predicted octanol–water partition coefficient (Wildman–Crippen LogP) is 19.6. The molecule has 0 aliphatic heterocycles. The number of quaternary nitrogens is 1. The van der Waals surface area contributed by atoms with Gasteiger partial charge in [-0.2, -0.15) is 0 Å². The third kappa shape index (κ3) is 58.2. The average Bonchev–Trinajstić information content (AvgIpc) is 3.39. The Morgan fingerprint density at radius 2 is 0.844 bits per heavy atom. The van der Waals surface area contributed by atoms with Gasteiger partial charge in [0.05, 0.1) is 33.8 Å². The zero-order chi connectivity index (χ0) is 56.4. The summed E-state index contributed by atoms with van der Waals surface area (Å²) in [5.41, 5.74) is 0. The van der Waals surface area contributed by atoms with Gasteiger partial charge >= 0.3 is 5.97 Å². The van der Waals surface area contributed by atoms with Crippen molar-refractivity contribution in [1.29, 1.82) is 0 Å². The van der Waals surface area contributed by atoms with Crippen LogP contribution in [0.3, 0.4) is 0 Å². The van der Waals surface area contributed by atoms with E-state index in [2.05, 4.69) is 74.7 Å². The van der Waals surface area contributed by atoms with E-state index in [1.54, 1.807) is 0 Å². The lowest BCUT2D eigenvalue weighted by atomic mass is 10.0. The molecular formula is C67H125N2O7P. The summed E-state index contributed by atoms with van der Waals surface area (Å²) in [5.74, 6) is -0.547. The maximum atomic E-state index is 13.5. The molecule has 3 atom stereocenters. The van der Waals surface area contributed by atoms with Crippen molar-refractivity contribution in [2.45, 2.75) is 315 Å². The highest BCUT2D eigenvalue weighted by molar-refractivity contribution is 7.45. The minimum Gasteiger partial charge on any atom is -0.756 e. The molecule has 0 heterocycles. The number of carbonyl (C=O) groups excluding carboxylic acids is 2. The fraction of sp³-hybridized carbons (Fsp3) is 0.821. The van der Waals surface area contributed by atoms with Gasteiger partial charge in [-0.3, -0.25) is 14.2 Å². The van der Waals surface area contributed by atoms with E-state index < -0.39 is 26.6 Å². The van der Waals surface area contributed by atoms with Crippen LogP contribution in [0.4, 0.5) is 0 Å². The number of rotatable bonds is 59. The number of hydrogen-bond acceptors (Lipinski definition) is 7. The number of nitrogens with one attached hydrogen (secondary N) is 1. The minimum atomic E-state index is -4.70. The Bertz CT molecular complexity index is 1500. The van der Waals surface area contributed by atoms with Crippen molar-refractivity contribution in [3.05, 3.63) is 60.8 Å². The highest BCUT2D eigenvalue weighted by atomic mass is 31.2. The second-order valence-electron chi connectivity index (χ2n) is 23.3. The van der Waals surface area contributed by atoms with Crippen LogP contribution >= 0.6 is 7.82 Å². The molecule has 0 aromatic rings. The molecule has 0 bridgehead atoms. The standard InChI is InChI=1S/C67H125N2O7P/c1-7-10-13-16-19-22-25-28-30-31-32-33-34-35-36-37-39-42-45-48-51-54-57-60-67(71)76-65(58-55-52-49-46-43-40-27-24-21-18-15-12-9-3)64(63-75-77(72,73)74-62-61-69(4,5)6)68-66(70)59-56-53-50-47-44-41-38-29-26-23-20-17-14-11-8-2/h11,14,17,20,23,26,28,30,55,58,64-65H,7-10,12-13,15-16,18-19,21-22,24-25,27,29,31-54,56-57,59-63H2,1-6H3,(H-,68,70,72,73)/b14-11+,20-17+,26-23+,30-28+,58-55-. The first-order valence-corrected chi connectivity index (χ1v) is 34.1. The van der Waals surface area contributed by atoms with Crippen LogP contribution in [0, 0.1) is 0 Å². The van der Waals surface area contributed by atoms with Crippen LogP contribution in [0.25, 0.3) is 0 Å². The number of amides is 1. The predicted molar refractivity (Wildman–Crippen MR) is 330 cm³/mol. The van der Waals surface area contributed by atoms with Crippen LogP contribution in [-0.2, 0) is 27.9 Å². The van der Waals surface area contributed by atoms with Crippen LogP contribution in [0.2, 0.25) is 0 Å². The monoisotopic (exact) mass is 1100 g/mol. The Morgan fingerprint density at radius 3 is 1.27 bits per heavy atom. The van der Waals surface area contributed by atoms with E-state index in [9.17, 15) is 19.0 Å². The Labute approximate surface area is 477 Å². The summed E-state index contributed by atoms with van der Waals surface area (Å²) in [7, 11) is 1.18. The molecule has 0 spiro atoms. The lowest BCUT2D eigenvalue weighted by Crippen LogP contribution is -2.47. The average molecular weight is 1100 g/mol. The van der Waals surface area contributed by atoms with E-state index in [4.69, 9.17) is 13.8 Å². The number of allylic oxidation sites excluding steroid dienone is 9. The molecule has 0 fully saturated rings. The van der Waals surface area contributed by atoms with Gasteiger partial charge in [0.2, 0.25) is 5.91 Å². The molecule has 0 saturated heterocycles. The summed E-state index contributed by atoms with van der Waals surface area (Å²) in [6.45, 7) is 6.73. The number of esters is 1. The summed E-state index contributed by atoms with van der Waals surface area (Å²) in [6, 6.07) is -0.895. The zero-order valence-electron chi connectivity index (χ0n) is 51.4. The van der Waals surface area contributed by atoms with E-state index in [0.717, 1.165) is 77.0 Å². The van der Waals surface area contributed by atoms with Crippen LogP contribution in [0.1, 0.15) is 303 Å². The fourth-order valence-electron chi connectivity index (χ4n) is 9.46. The van der Waals surface area contributed by atoms with Crippen LogP contribution in [-0.4, -0.2) is 69.4 Å². The van der Waals surface area contributed by atoms with Gasteiger partial charge in [-0.05, 0) is 76.7 Å². The lowest BCUT2D eigenvalue weighted by molar-refractivity contribution is -0.870. The summed E-state index contributed by atoms with van der Waals surface area (Å²) in [6.07, 6.45) is 71.9. The molecule has 77 heavy (non-hydrogen) atoms.